The van der Waals surface area contributed by atoms with E-state index < -0.39 is 23.5 Å². The highest BCUT2D eigenvalue weighted by molar-refractivity contribution is 6.09. The number of benzene rings is 1. The molecule has 1 saturated heterocycles. The Hall–Kier alpha value is -3.36. The molecule has 1 aliphatic heterocycles. The minimum Gasteiger partial charge on any atom is -0.497 e. The summed E-state index contributed by atoms with van der Waals surface area (Å²) in [5, 5.41) is 10.0. The quantitative estimate of drug-likeness (QED) is 0.705. The van der Waals surface area contributed by atoms with Crippen LogP contribution in [0.1, 0.15) is 38.3 Å². The molecule has 2 fully saturated rings. The summed E-state index contributed by atoms with van der Waals surface area (Å²) in [5.41, 5.74) is 0.710. The topological polar surface area (TPSA) is 106 Å². The number of hydrogen-bond acceptors (Lipinski definition) is 5. The highest BCUT2D eigenvalue weighted by Crippen LogP contribution is 2.35. The summed E-state index contributed by atoms with van der Waals surface area (Å²) in [7, 11) is 1.61. The molecule has 1 spiro atoms. The van der Waals surface area contributed by atoms with Crippen LogP contribution in [0.5, 0.6) is 5.75 Å². The lowest BCUT2D eigenvalue weighted by Crippen LogP contribution is -2.49. The molecular weight excluding hydrogens is 386 g/mol. The molecule has 9 nitrogen and oxygen atoms in total. The molecule has 1 unspecified atom stereocenters. The van der Waals surface area contributed by atoms with Crippen molar-refractivity contribution in [2.45, 2.75) is 50.7 Å². The van der Waals surface area contributed by atoms with Gasteiger partial charge in [0, 0.05) is 6.20 Å². The molecule has 2 aromatic rings. The van der Waals surface area contributed by atoms with E-state index in [4.69, 9.17) is 4.74 Å². The largest absolute Gasteiger partial charge is 0.497 e. The van der Waals surface area contributed by atoms with E-state index >= 15 is 0 Å². The Bertz CT molecular complexity index is 962. The number of rotatable bonds is 6. The average molecular weight is 411 g/mol. The van der Waals surface area contributed by atoms with Crippen LogP contribution >= 0.6 is 0 Å². The highest BCUT2D eigenvalue weighted by Gasteiger charge is 2.54. The van der Waals surface area contributed by atoms with Gasteiger partial charge < -0.3 is 15.4 Å². The number of imide groups is 1. The predicted octanol–water partition coefficient (Wildman–Crippen LogP) is 1.75. The minimum absolute atomic E-state index is 0.196. The summed E-state index contributed by atoms with van der Waals surface area (Å²) in [6.07, 6.45) is 4.86. The van der Waals surface area contributed by atoms with Gasteiger partial charge in [-0.1, -0.05) is 12.8 Å². The molecule has 2 N–H and O–H groups in total. The van der Waals surface area contributed by atoms with Crippen LogP contribution in [0.2, 0.25) is 0 Å². The van der Waals surface area contributed by atoms with Gasteiger partial charge in [0.1, 0.15) is 17.3 Å². The van der Waals surface area contributed by atoms with Crippen molar-refractivity contribution in [3.63, 3.8) is 0 Å². The molecular formula is C21H25N5O4. The summed E-state index contributed by atoms with van der Waals surface area (Å²) < 4.78 is 6.85. The predicted molar refractivity (Wildman–Crippen MR) is 108 cm³/mol. The van der Waals surface area contributed by atoms with Crippen LogP contribution in [0.4, 0.5) is 4.79 Å². The van der Waals surface area contributed by atoms with E-state index in [0.29, 0.717) is 18.5 Å². The summed E-state index contributed by atoms with van der Waals surface area (Å²) in [6.45, 7) is 1.76. The summed E-state index contributed by atoms with van der Waals surface area (Å²) in [6, 6.07) is 7.87. The number of nitrogens with one attached hydrogen (secondary N) is 2. The molecule has 9 heteroatoms. The monoisotopic (exact) mass is 411 g/mol. The average Bonchev–Trinajstić information content (AvgIpc) is 3.47. The standard InChI is InChI=1S/C21H25N5O4/c1-14(26-19(28)21(23-20(26)29)10-3-4-11-21)18(27)22-13-15-9-12-25(24-15)16-5-7-17(30-2)8-6-16/h5-9,12,14H,3-4,10-11,13H2,1-2H3,(H,22,27)(H,23,29). The number of carbonyl (C=O) groups excluding carboxylic acids is 3. The van der Waals surface area contributed by atoms with Crippen LogP contribution in [0.3, 0.4) is 0 Å². The Morgan fingerprint density at radius 2 is 1.93 bits per heavy atom. The fourth-order valence-electron chi connectivity index (χ4n) is 4.09. The van der Waals surface area contributed by atoms with Crippen molar-refractivity contribution in [1.29, 1.82) is 0 Å². The van der Waals surface area contributed by atoms with Crippen molar-refractivity contribution in [3.8, 4) is 11.4 Å². The van der Waals surface area contributed by atoms with Crippen molar-refractivity contribution < 1.29 is 19.1 Å². The van der Waals surface area contributed by atoms with Gasteiger partial charge in [0.15, 0.2) is 0 Å². The van der Waals surface area contributed by atoms with Gasteiger partial charge in [-0.25, -0.2) is 14.4 Å². The van der Waals surface area contributed by atoms with Crippen molar-refractivity contribution in [1.82, 2.24) is 25.3 Å². The second-order valence-corrected chi connectivity index (χ2v) is 7.74. The van der Waals surface area contributed by atoms with Crippen molar-refractivity contribution in [3.05, 3.63) is 42.2 Å². The van der Waals surface area contributed by atoms with Crippen LogP contribution in [0.25, 0.3) is 5.69 Å². The zero-order valence-electron chi connectivity index (χ0n) is 17.1. The van der Waals surface area contributed by atoms with E-state index in [9.17, 15) is 14.4 Å². The van der Waals surface area contributed by atoms with E-state index in [1.54, 1.807) is 31.0 Å². The van der Waals surface area contributed by atoms with E-state index in [1.165, 1.54) is 0 Å². The van der Waals surface area contributed by atoms with Gasteiger partial charge in [0.25, 0.3) is 5.91 Å². The lowest BCUT2D eigenvalue weighted by Gasteiger charge is -2.23. The molecule has 4 rings (SSSR count). The zero-order chi connectivity index (χ0) is 21.3. The van der Waals surface area contributed by atoms with Gasteiger partial charge in [0.2, 0.25) is 5.91 Å². The number of hydrogen-bond donors (Lipinski definition) is 2. The van der Waals surface area contributed by atoms with Crippen LogP contribution < -0.4 is 15.4 Å². The molecule has 0 bridgehead atoms. The number of urea groups is 1. The molecule has 158 valence electrons. The van der Waals surface area contributed by atoms with Gasteiger partial charge in [0.05, 0.1) is 25.0 Å². The van der Waals surface area contributed by atoms with Crippen LogP contribution in [-0.2, 0) is 16.1 Å². The second-order valence-electron chi connectivity index (χ2n) is 7.74. The minimum atomic E-state index is -0.888. The number of aromatic nitrogens is 2. The fourth-order valence-corrected chi connectivity index (χ4v) is 4.09. The van der Waals surface area contributed by atoms with Crippen molar-refractivity contribution >= 4 is 17.8 Å². The molecule has 1 aromatic heterocycles. The number of carbonyl (C=O) groups is 3. The molecule has 30 heavy (non-hydrogen) atoms. The Morgan fingerprint density at radius 3 is 2.60 bits per heavy atom. The van der Waals surface area contributed by atoms with Crippen LogP contribution in [0.15, 0.2) is 36.5 Å². The molecule has 1 aliphatic carbocycles. The van der Waals surface area contributed by atoms with E-state index in [2.05, 4.69) is 15.7 Å². The maximum Gasteiger partial charge on any atom is 0.325 e. The normalized spacial score (nSPS) is 18.5. The second kappa shape index (κ2) is 7.81. The Labute approximate surface area is 174 Å². The first-order valence-electron chi connectivity index (χ1n) is 10.1. The fraction of sp³-hybridized carbons (Fsp3) is 0.429. The molecule has 0 radical (unpaired) electrons. The third-order valence-corrected chi connectivity index (χ3v) is 5.84. The maximum absolute atomic E-state index is 12.8. The van der Waals surface area contributed by atoms with Gasteiger partial charge in [-0.2, -0.15) is 5.10 Å². The summed E-state index contributed by atoms with van der Waals surface area (Å²) >= 11 is 0. The number of nitrogens with zero attached hydrogens (tertiary/aromatic N) is 3. The first-order valence-corrected chi connectivity index (χ1v) is 10.1. The number of ether oxygens (including phenoxy) is 1. The smallest absolute Gasteiger partial charge is 0.325 e. The van der Waals surface area contributed by atoms with Gasteiger partial charge in [-0.05, 0) is 50.1 Å². The summed E-state index contributed by atoms with van der Waals surface area (Å²) in [4.78, 5) is 38.8. The SMILES string of the molecule is COc1ccc(-n2ccc(CNC(=O)C(C)N3C(=O)NC4(CCCC4)C3=O)n2)cc1. The summed E-state index contributed by atoms with van der Waals surface area (Å²) in [5.74, 6) is 0.0660. The zero-order valence-corrected chi connectivity index (χ0v) is 17.1. The number of amides is 4. The van der Waals surface area contributed by atoms with Crippen molar-refractivity contribution in [2.75, 3.05) is 7.11 Å². The van der Waals surface area contributed by atoms with E-state index in [-0.39, 0.29) is 12.5 Å². The Morgan fingerprint density at radius 1 is 1.23 bits per heavy atom. The maximum atomic E-state index is 12.8. The van der Waals surface area contributed by atoms with Gasteiger partial charge in [-0.3, -0.25) is 9.59 Å². The molecule has 1 aromatic carbocycles. The van der Waals surface area contributed by atoms with Crippen LogP contribution in [-0.4, -0.2) is 51.2 Å². The molecule has 1 saturated carbocycles. The third kappa shape index (κ3) is 3.51. The van der Waals surface area contributed by atoms with E-state index in [0.717, 1.165) is 29.2 Å². The molecule has 4 amide bonds. The molecule has 1 atom stereocenters. The first-order chi connectivity index (χ1) is 14.4. The van der Waals surface area contributed by atoms with Crippen LogP contribution in [0, 0.1) is 0 Å². The third-order valence-electron chi connectivity index (χ3n) is 5.84. The Kier molecular flexibility index (Phi) is 5.19. The lowest BCUT2D eigenvalue weighted by atomic mass is 9.97. The lowest BCUT2D eigenvalue weighted by molar-refractivity contribution is -0.137. The molecule has 2 aliphatic rings. The molecule has 2 heterocycles. The highest BCUT2D eigenvalue weighted by atomic mass is 16.5. The number of methoxy groups -OCH3 is 1. The van der Waals surface area contributed by atoms with Crippen molar-refractivity contribution in [2.24, 2.45) is 0 Å². The van der Waals surface area contributed by atoms with Gasteiger partial charge >= 0.3 is 6.03 Å². The van der Waals surface area contributed by atoms with Gasteiger partial charge in [-0.15, -0.1) is 0 Å². The first kappa shape index (κ1) is 19.9. The Balaban J connectivity index is 1.37. The van der Waals surface area contributed by atoms with E-state index in [1.807, 2.05) is 24.3 Å².